The molecule has 0 aromatic heterocycles. The molecule has 0 spiro atoms. The molecule has 0 unspecified atom stereocenters. The second-order valence-electron chi connectivity index (χ2n) is 7.97. The molecule has 3 aliphatic rings. The summed E-state index contributed by atoms with van der Waals surface area (Å²) in [7, 11) is 0. The van der Waals surface area contributed by atoms with Crippen molar-refractivity contribution >= 4 is 15.9 Å². The molecule has 1 aromatic carbocycles. The Morgan fingerprint density at radius 1 is 1.03 bits per heavy atom. The number of halogens is 3. The Balaban J connectivity index is 1.14. The summed E-state index contributed by atoms with van der Waals surface area (Å²) in [6.07, 6.45) is 13.4. The van der Waals surface area contributed by atoms with Gasteiger partial charge in [-0.1, -0.05) is 39.7 Å². The first-order chi connectivity index (χ1) is 15.6. The normalized spacial score (nSPS) is 19.0. The number of rotatable bonds is 8. The highest BCUT2D eigenvalue weighted by Gasteiger charge is 2.22. The van der Waals surface area contributed by atoms with Gasteiger partial charge >= 0.3 is 0 Å². The van der Waals surface area contributed by atoms with Gasteiger partial charge in [0, 0.05) is 43.6 Å². The van der Waals surface area contributed by atoms with Crippen LogP contribution < -0.4 is 4.74 Å². The zero-order valence-electron chi connectivity index (χ0n) is 17.9. The molecule has 0 amide bonds. The lowest BCUT2D eigenvalue weighted by Gasteiger charge is -2.36. The van der Waals surface area contributed by atoms with Gasteiger partial charge in [0.1, 0.15) is 12.0 Å². The van der Waals surface area contributed by atoms with Gasteiger partial charge in [0.15, 0.2) is 23.6 Å². The van der Waals surface area contributed by atoms with Crippen molar-refractivity contribution in [3.05, 3.63) is 76.2 Å². The summed E-state index contributed by atoms with van der Waals surface area (Å²) < 4.78 is 44.9. The van der Waals surface area contributed by atoms with Gasteiger partial charge in [-0.25, -0.2) is 8.78 Å². The molecule has 0 N–H and O–H groups in total. The Morgan fingerprint density at radius 2 is 1.81 bits per heavy atom. The van der Waals surface area contributed by atoms with E-state index in [1.807, 2.05) is 0 Å². The number of hydrogen-bond donors (Lipinski definition) is 0. The van der Waals surface area contributed by atoms with E-state index >= 15 is 0 Å². The number of benzene rings is 1. The predicted molar refractivity (Wildman–Crippen MR) is 122 cm³/mol. The minimum atomic E-state index is -0.696. The van der Waals surface area contributed by atoms with Crippen LogP contribution in [0.4, 0.5) is 8.78 Å². The van der Waals surface area contributed by atoms with Crippen molar-refractivity contribution in [3.8, 4) is 5.75 Å². The third kappa shape index (κ3) is 6.13. The maximum Gasteiger partial charge on any atom is 0.231 e. The Labute approximate surface area is 195 Å². The molecule has 2 heterocycles. The fourth-order valence-electron chi connectivity index (χ4n) is 3.88. The van der Waals surface area contributed by atoms with Crippen molar-refractivity contribution in [2.45, 2.75) is 25.7 Å². The van der Waals surface area contributed by atoms with E-state index in [4.69, 9.17) is 14.2 Å². The van der Waals surface area contributed by atoms with Gasteiger partial charge in [0.2, 0.25) is 5.88 Å². The summed E-state index contributed by atoms with van der Waals surface area (Å²) in [5, 5.41) is 0. The van der Waals surface area contributed by atoms with Crippen LogP contribution in [0, 0.1) is 11.6 Å². The van der Waals surface area contributed by atoms with Crippen LogP contribution in [0.1, 0.15) is 25.7 Å². The Hall–Kier alpha value is -2.32. The maximum atomic E-state index is 13.8. The number of nitrogens with zero attached hydrogens (tertiary/aromatic N) is 2. The van der Waals surface area contributed by atoms with Crippen LogP contribution in [0.15, 0.2) is 64.6 Å². The van der Waals surface area contributed by atoms with Gasteiger partial charge in [0.25, 0.3) is 0 Å². The molecular weight excluding hydrogens is 482 g/mol. The van der Waals surface area contributed by atoms with Gasteiger partial charge in [-0.3, -0.25) is 4.90 Å². The summed E-state index contributed by atoms with van der Waals surface area (Å²) in [5.74, 6) is -0.151. The lowest BCUT2D eigenvalue weighted by atomic mass is 10.0. The average Bonchev–Trinajstić information content (AvgIpc) is 2.80. The highest BCUT2D eigenvalue weighted by Crippen LogP contribution is 2.27. The molecule has 2 aliphatic heterocycles. The average molecular weight is 509 g/mol. The number of hydrogen-bond acceptors (Lipinski definition) is 5. The van der Waals surface area contributed by atoms with E-state index in [-0.39, 0.29) is 12.4 Å². The molecule has 0 bridgehead atoms. The highest BCUT2D eigenvalue weighted by atomic mass is 79.9. The number of allylic oxidation sites excluding steroid dienone is 4. The van der Waals surface area contributed by atoms with Crippen LogP contribution in [0.2, 0.25) is 0 Å². The molecular formula is C24H27BrF2N2O3. The van der Waals surface area contributed by atoms with Crippen molar-refractivity contribution in [2.24, 2.45) is 0 Å². The lowest BCUT2D eigenvalue weighted by molar-refractivity contribution is 0.0805. The fraction of sp³-hybridized carbons (Fsp3) is 0.417. The van der Waals surface area contributed by atoms with Crippen molar-refractivity contribution in [1.29, 1.82) is 0 Å². The van der Waals surface area contributed by atoms with E-state index in [1.165, 1.54) is 17.7 Å². The zero-order chi connectivity index (χ0) is 22.3. The summed E-state index contributed by atoms with van der Waals surface area (Å²) in [6.45, 7) is 4.46. The SMILES string of the molecule is Fc1cc(Br)cc(F)c1OCCCN1CCN(C2=COC(CC3=CC=CCC3)=CO2)CC1. The Morgan fingerprint density at radius 3 is 2.47 bits per heavy atom. The maximum absolute atomic E-state index is 13.8. The summed E-state index contributed by atoms with van der Waals surface area (Å²) in [5.41, 5.74) is 1.35. The number of piperazine rings is 1. The minimum absolute atomic E-state index is 0.261. The fourth-order valence-corrected chi connectivity index (χ4v) is 4.29. The number of ether oxygens (including phenoxy) is 3. The van der Waals surface area contributed by atoms with E-state index in [1.54, 1.807) is 12.5 Å². The third-order valence-electron chi connectivity index (χ3n) is 5.64. The standard InChI is InChI=1S/C24H27BrF2N2O3/c25-19-14-21(26)24(22(27)15-19)30-12-4-7-28-8-10-29(11-9-28)23-17-31-20(16-32-23)13-18-5-2-1-3-6-18/h1-2,5,14-17H,3-4,6-13H2. The smallest absolute Gasteiger partial charge is 0.231 e. The van der Waals surface area contributed by atoms with E-state index in [2.05, 4.69) is 44.0 Å². The lowest BCUT2D eigenvalue weighted by Crippen LogP contribution is -2.46. The first-order valence-corrected chi connectivity index (χ1v) is 11.7. The van der Waals surface area contributed by atoms with Crippen LogP contribution in [-0.4, -0.2) is 49.1 Å². The molecule has 1 aromatic rings. The van der Waals surface area contributed by atoms with E-state index in [0.717, 1.165) is 63.6 Å². The quantitative estimate of drug-likeness (QED) is 0.435. The van der Waals surface area contributed by atoms with Crippen molar-refractivity contribution in [1.82, 2.24) is 9.80 Å². The molecule has 5 nitrogen and oxygen atoms in total. The van der Waals surface area contributed by atoms with Gasteiger partial charge in [0.05, 0.1) is 6.61 Å². The summed E-state index contributed by atoms with van der Waals surface area (Å²) >= 11 is 3.06. The van der Waals surface area contributed by atoms with Crippen molar-refractivity contribution in [2.75, 3.05) is 39.3 Å². The highest BCUT2D eigenvalue weighted by molar-refractivity contribution is 9.10. The summed E-state index contributed by atoms with van der Waals surface area (Å²) in [6, 6.07) is 2.40. The largest absolute Gasteiger partial charge is 0.488 e. The first-order valence-electron chi connectivity index (χ1n) is 10.9. The molecule has 8 heteroatoms. The van der Waals surface area contributed by atoms with Gasteiger partial charge < -0.3 is 19.1 Å². The minimum Gasteiger partial charge on any atom is -0.488 e. The van der Waals surface area contributed by atoms with Crippen LogP contribution in [0.5, 0.6) is 5.75 Å². The molecule has 0 atom stereocenters. The van der Waals surface area contributed by atoms with Crippen molar-refractivity contribution in [3.63, 3.8) is 0 Å². The van der Waals surface area contributed by atoms with Crippen LogP contribution in [0.3, 0.4) is 0 Å². The molecule has 172 valence electrons. The Bertz CT molecular complexity index is 914. The molecule has 32 heavy (non-hydrogen) atoms. The van der Waals surface area contributed by atoms with E-state index in [0.29, 0.717) is 10.9 Å². The second-order valence-corrected chi connectivity index (χ2v) is 8.89. The van der Waals surface area contributed by atoms with Crippen LogP contribution in [-0.2, 0) is 9.47 Å². The predicted octanol–water partition coefficient (Wildman–Crippen LogP) is 5.47. The summed E-state index contributed by atoms with van der Waals surface area (Å²) in [4.78, 5) is 4.47. The second kappa shape index (κ2) is 11.0. The molecule has 0 radical (unpaired) electrons. The van der Waals surface area contributed by atoms with Crippen LogP contribution >= 0.6 is 15.9 Å². The molecule has 4 rings (SSSR count). The molecule has 0 saturated carbocycles. The molecule has 1 fully saturated rings. The van der Waals surface area contributed by atoms with Gasteiger partial charge in [-0.2, -0.15) is 0 Å². The molecule has 1 aliphatic carbocycles. The zero-order valence-corrected chi connectivity index (χ0v) is 19.5. The monoisotopic (exact) mass is 508 g/mol. The van der Waals surface area contributed by atoms with Crippen LogP contribution in [0.25, 0.3) is 0 Å². The van der Waals surface area contributed by atoms with E-state index < -0.39 is 11.6 Å². The Kier molecular flexibility index (Phi) is 7.86. The third-order valence-corrected chi connectivity index (χ3v) is 6.09. The first kappa shape index (κ1) is 22.9. The van der Waals surface area contributed by atoms with Crippen molar-refractivity contribution < 1.29 is 23.0 Å². The van der Waals surface area contributed by atoms with Gasteiger partial charge in [-0.15, -0.1) is 0 Å². The van der Waals surface area contributed by atoms with E-state index in [9.17, 15) is 8.78 Å². The topological polar surface area (TPSA) is 34.2 Å². The molecule has 1 saturated heterocycles. The van der Waals surface area contributed by atoms with Gasteiger partial charge in [-0.05, 0) is 31.4 Å².